The maximum atomic E-state index is 10.6. The lowest BCUT2D eigenvalue weighted by molar-refractivity contribution is 0.162. The average molecular weight is 290 g/mol. The van der Waals surface area contributed by atoms with Gasteiger partial charge in [-0.3, -0.25) is 4.68 Å². The van der Waals surface area contributed by atoms with Crippen molar-refractivity contribution in [2.75, 3.05) is 14.2 Å². The number of rotatable bonds is 7. The minimum atomic E-state index is -0.666. The highest BCUT2D eigenvalue weighted by Crippen LogP contribution is 2.28. The van der Waals surface area contributed by atoms with Gasteiger partial charge in [0.15, 0.2) is 5.75 Å². The van der Waals surface area contributed by atoms with Crippen molar-refractivity contribution in [2.24, 2.45) is 0 Å². The van der Waals surface area contributed by atoms with E-state index in [2.05, 4.69) is 12.0 Å². The summed E-state index contributed by atoms with van der Waals surface area (Å²) in [7, 11) is 3.23. The number of aliphatic hydroxyl groups is 1. The second kappa shape index (κ2) is 7.13. The summed E-state index contributed by atoms with van der Waals surface area (Å²) in [5, 5.41) is 14.8. The largest absolute Gasteiger partial charge is 0.497 e. The molecule has 2 aromatic rings. The van der Waals surface area contributed by atoms with Crippen LogP contribution >= 0.6 is 0 Å². The maximum absolute atomic E-state index is 10.6. The number of hydrogen-bond acceptors (Lipinski definition) is 4. The van der Waals surface area contributed by atoms with E-state index in [0.717, 1.165) is 30.0 Å². The first-order valence-corrected chi connectivity index (χ1v) is 7.10. The van der Waals surface area contributed by atoms with Crippen molar-refractivity contribution < 1.29 is 14.6 Å². The lowest BCUT2D eigenvalue weighted by atomic mass is 10.0. The van der Waals surface area contributed by atoms with Crippen molar-refractivity contribution in [3.05, 3.63) is 41.7 Å². The van der Waals surface area contributed by atoms with Crippen LogP contribution < -0.4 is 9.47 Å². The Bertz CT molecular complexity index is 581. The lowest BCUT2D eigenvalue weighted by Crippen LogP contribution is -2.12. The molecule has 5 heteroatoms. The molecule has 1 aromatic carbocycles. The number of benzene rings is 1. The van der Waals surface area contributed by atoms with E-state index < -0.39 is 6.10 Å². The Balaban J connectivity index is 2.22. The molecule has 0 saturated heterocycles. The molecule has 1 unspecified atom stereocenters. The van der Waals surface area contributed by atoms with E-state index in [1.807, 2.05) is 28.9 Å². The molecule has 0 saturated carbocycles. The number of aromatic nitrogens is 2. The van der Waals surface area contributed by atoms with Crippen LogP contribution in [-0.2, 0) is 13.0 Å². The summed E-state index contributed by atoms with van der Waals surface area (Å²) in [6, 6.07) is 7.70. The highest BCUT2D eigenvalue weighted by Gasteiger charge is 2.20. The molecule has 1 heterocycles. The summed E-state index contributed by atoms with van der Waals surface area (Å²) < 4.78 is 12.3. The van der Waals surface area contributed by atoms with Crippen molar-refractivity contribution in [3.8, 4) is 11.5 Å². The molecule has 1 atom stereocenters. The third-order valence-electron chi connectivity index (χ3n) is 3.38. The molecule has 0 spiro atoms. The summed E-state index contributed by atoms with van der Waals surface area (Å²) in [6.45, 7) is 2.83. The minimum absolute atomic E-state index is 0.489. The van der Waals surface area contributed by atoms with E-state index in [1.165, 1.54) is 0 Å². The van der Waals surface area contributed by atoms with Gasteiger partial charge in [-0.25, -0.2) is 0 Å². The quantitative estimate of drug-likeness (QED) is 0.851. The van der Waals surface area contributed by atoms with Crippen LogP contribution in [0.3, 0.4) is 0 Å². The van der Waals surface area contributed by atoms with Crippen LogP contribution in [0.4, 0.5) is 0 Å². The van der Waals surface area contributed by atoms with E-state index >= 15 is 0 Å². The van der Waals surface area contributed by atoms with Gasteiger partial charge in [0.25, 0.3) is 0 Å². The molecule has 0 aliphatic heterocycles. The summed E-state index contributed by atoms with van der Waals surface area (Å²) in [6.07, 6.45) is 2.42. The van der Waals surface area contributed by atoms with E-state index in [0.29, 0.717) is 12.2 Å². The molecule has 114 valence electrons. The highest BCUT2D eigenvalue weighted by molar-refractivity contribution is 5.32. The first-order chi connectivity index (χ1) is 10.2. The number of hydrogen-bond donors (Lipinski definition) is 1. The van der Waals surface area contributed by atoms with Crippen LogP contribution in [0.15, 0.2) is 30.5 Å². The van der Waals surface area contributed by atoms with Gasteiger partial charge in [0.1, 0.15) is 17.5 Å². The predicted octanol–water partition coefficient (Wildman–Crippen LogP) is 2.59. The lowest BCUT2D eigenvalue weighted by Gasteiger charge is -2.15. The molecule has 0 fully saturated rings. The number of aryl methyl sites for hydroxylation is 1. The van der Waals surface area contributed by atoms with Crippen molar-refractivity contribution in [3.63, 3.8) is 0 Å². The van der Waals surface area contributed by atoms with Crippen LogP contribution in [0.2, 0.25) is 0 Å². The molecule has 0 radical (unpaired) electrons. The fourth-order valence-corrected chi connectivity index (χ4v) is 2.38. The monoisotopic (exact) mass is 290 g/mol. The number of methoxy groups -OCH3 is 2. The third-order valence-corrected chi connectivity index (χ3v) is 3.38. The standard InChI is InChI=1S/C16H22N2O3/c1-4-8-18-16(15(21-3)11-17-18)14(19)10-12-6-5-7-13(9-12)20-2/h5-7,9,11,14,19H,4,8,10H2,1-3H3. The second-order valence-corrected chi connectivity index (χ2v) is 4.89. The average Bonchev–Trinajstić information content (AvgIpc) is 2.90. The Labute approximate surface area is 125 Å². The molecule has 1 aromatic heterocycles. The molecule has 0 amide bonds. The molecule has 1 N–H and O–H groups in total. The summed E-state index contributed by atoms with van der Waals surface area (Å²) in [5.74, 6) is 1.41. The van der Waals surface area contributed by atoms with E-state index in [-0.39, 0.29) is 0 Å². The molecule has 2 rings (SSSR count). The van der Waals surface area contributed by atoms with Gasteiger partial charge in [-0.2, -0.15) is 5.10 Å². The summed E-state index contributed by atoms with van der Waals surface area (Å²) in [5.41, 5.74) is 1.73. The van der Waals surface area contributed by atoms with Crippen molar-refractivity contribution in [1.29, 1.82) is 0 Å². The van der Waals surface area contributed by atoms with Crippen molar-refractivity contribution >= 4 is 0 Å². The number of ether oxygens (including phenoxy) is 2. The van der Waals surface area contributed by atoms with E-state index in [4.69, 9.17) is 9.47 Å². The Hall–Kier alpha value is -2.01. The fraction of sp³-hybridized carbons (Fsp3) is 0.438. The summed E-state index contributed by atoms with van der Waals surface area (Å²) >= 11 is 0. The van der Waals surface area contributed by atoms with Crippen LogP contribution in [0.1, 0.15) is 30.7 Å². The Morgan fingerprint density at radius 3 is 2.76 bits per heavy atom. The molecule has 21 heavy (non-hydrogen) atoms. The zero-order chi connectivity index (χ0) is 15.2. The minimum Gasteiger partial charge on any atom is -0.497 e. The molecule has 0 aliphatic rings. The number of nitrogens with zero attached hydrogens (tertiary/aromatic N) is 2. The first-order valence-electron chi connectivity index (χ1n) is 7.10. The first kappa shape index (κ1) is 15.4. The van der Waals surface area contributed by atoms with Gasteiger partial charge in [0.2, 0.25) is 0 Å². The van der Waals surface area contributed by atoms with Crippen molar-refractivity contribution in [1.82, 2.24) is 9.78 Å². The normalized spacial score (nSPS) is 12.2. The van der Waals surface area contributed by atoms with Crippen LogP contribution in [-0.4, -0.2) is 29.1 Å². The van der Waals surface area contributed by atoms with Gasteiger partial charge in [0.05, 0.1) is 20.4 Å². The van der Waals surface area contributed by atoms with Crippen LogP contribution in [0.5, 0.6) is 11.5 Å². The Morgan fingerprint density at radius 2 is 2.10 bits per heavy atom. The van der Waals surface area contributed by atoms with Crippen molar-refractivity contribution in [2.45, 2.75) is 32.4 Å². The maximum Gasteiger partial charge on any atom is 0.162 e. The molecule has 5 nitrogen and oxygen atoms in total. The third kappa shape index (κ3) is 3.55. The zero-order valence-electron chi connectivity index (χ0n) is 12.7. The predicted molar refractivity (Wildman–Crippen MR) is 80.7 cm³/mol. The molecular formula is C16H22N2O3. The topological polar surface area (TPSA) is 56.5 Å². The SMILES string of the molecule is CCCn1ncc(OC)c1C(O)Cc1cccc(OC)c1. The smallest absolute Gasteiger partial charge is 0.162 e. The Morgan fingerprint density at radius 1 is 1.29 bits per heavy atom. The van der Waals surface area contributed by atoms with Gasteiger partial charge in [-0.15, -0.1) is 0 Å². The number of aliphatic hydroxyl groups excluding tert-OH is 1. The molecular weight excluding hydrogens is 268 g/mol. The second-order valence-electron chi connectivity index (χ2n) is 4.89. The van der Waals surface area contributed by atoms with Gasteiger partial charge in [-0.05, 0) is 24.1 Å². The van der Waals surface area contributed by atoms with Gasteiger partial charge < -0.3 is 14.6 Å². The van der Waals surface area contributed by atoms with Gasteiger partial charge >= 0.3 is 0 Å². The van der Waals surface area contributed by atoms with Crippen LogP contribution in [0.25, 0.3) is 0 Å². The van der Waals surface area contributed by atoms with Crippen LogP contribution in [0, 0.1) is 0 Å². The summed E-state index contributed by atoms with van der Waals surface area (Å²) in [4.78, 5) is 0. The van der Waals surface area contributed by atoms with E-state index in [1.54, 1.807) is 20.4 Å². The molecule has 0 aliphatic carbocycles. The van der Waals surface area contributed by atoms with Gasteiger partial charge in [-0.1, -0.05) is 19.1 Å². The highest BCUT2D eigenvalue weighted by atomic mass is 16.5. The fourth-order valence-electron chi connectivity index (χ4n) is 2.38. The van der Waals surface area contributed by atoms with E-state index in [9.17, 15) is 5.11 Å². The Kier molecular flexibility index (Phi) is 5.22. The van der Waals surface area contributed by atoms with Gasteiger partial charge in [0, 0.05) is 13.0 Å². The molecule has 0 bridgehead atoms. The zero-order valence-corrected chi connectivity index (χ0v) is 12.7.